The number of carbonyl (C=O) groups is 1. The van der Waals surface area contributed by atoms with Crippen LogP contribution in [-0.2, 0) is 14.6 Å². The Morgan fingerprint density at radius 2 is 1.70 bits per heavy atom. The average molecular weight is 472 g/mol. The molecular weight excluding hydrogens is 442 g/mol. The highest BCUT2D eigenvalue weighted by Crippen LogP contribution is 2.36. The first-order valence-electron chi connectivity index (χ1n) is 10.7. The van der Waals surface area contributed by atoms with Crippen molar-refractivity contribution in [2.24, 2.45) is 0 Å². The van der Waals surface area contributed by atoms with Crippen LogP contribution in [0.2, 0.25) is 0 Å². The molecule has 33 heavy (non-hydrogen) atoms. The molecule has 0 fully saturated rings. The number of hydrogen-bond acceptors (Lipinski definition) is 5. The molecule has 0 aliphatic heterocycles. The number of carboxylic acid groups (broad SMARTS) is 1. The molecule has 0 radical (unpaired) electrons. The molecule has 3 aromatic rings. The summed E-state index contributed by atoms with van der Waals surface area (Å²) in [6.07, 6.45) is 2.71. The Hall–Kier alpha value is -3.10. The van der Waals surface area contributed by atoms with E-state index in [0.29, 0.717) is 30.6 Å². The van der Waals surface area contributed by atoms with E-state index in [4.69, 9.17) is 9.84 Å². The maximum Gasteiger partial charge on any atom is 0.311 e. The van der Waals surface area contributed by atoms with Gasteiger partial charge in [-0.3, -0.25) is 4.79 Å². The normalized spacial score (nSPS) is 12.5. The Morgan fingerprint density at radius 3 is 2.21 bits per heavy atom. The molecule has 176 valence electrons. The van der Waals surface area contributed by atoms with E-state index >= 15 is 0 Å². The van der Waals surface area contributed by atoms with Crippen molar-refractivity contribution in [1.82, 2.24) is 4.57 Å². The van der Waals surface area contributed by atoms with Crippen molar-refractivity contribution in [2.45, 2.75) is 37.0 Å². The first-order valence-corrected chi connectivity index (χ1v) is 12.6. The fraction of sp³-hybridized carbons (Fsp3) is 0.320. The van der Waals surface area contributed by atoms with E-state index < -0.39 is 21.7 Å². The molecule has 1 heterocycles. The molecule has 0 saturated carbocycles. The van der Waals surface area contributed by atoms with Crippen molar-refractivity contribution >= 4 is 15.8 Å². The third-order valence-corrected chi connectivity index (χ3v) is 6.90. The molecule has 0 aliphatic carbocycles. The predicted octanol–water partition coefficient (Wildman–Crippen LogP) is 4.20. The van der Waals surface area contributed by atoms with E-state index in [9.17, 15) is 18.3 Å². The second-order valence-electron chi connectivity index (χ2n) is 8.01. The lowest BCUT2D eigenvalue weighted by Crippen LogP contribution is -2.13. The van der Waals surface area contributed by atoms with Crippen LogP contribution in [0.5, 0.6) is 5.75 Å². The highest BCUT2D eigenvalue weighted by molar-refractivity contribution is 7.90. The van der Waals surface area contributed by atoms with Crippen LogP contribution in [0.15, 0.2) is 59.5 Å². The van der Waals surface area contributed by atoms with Crippen LogP contribution in [0.3, 0.4) is 0 Å². The Kier molecular flexibility index (Phi) is 7.61. The number of carboxylic acids is 1. The van der Waals surface area contributed by atoms with Crippen LogP contribution < -0.4 is 4.74 Å². The molecule has 1 aromatic heterocycles. The summed E-state index contributed by atoms with van der Waals surface area (Å²) in [6.45, 7) is 1.91. The van der Waals surface area contributed by atoms with Crippen molar-refractivity contribution in [3.05, 3.63) is 65.9 Å². The fourth-order valence-corrected chi connectivity index (χ4v) is 4.63. The highest BCUT2D eigenvalue weighted by Gasteiger charge is 2.26. The number of sulfone groups is 1. The number of hydrogen-bond donors (Lipinski definition) is 2. The lowest BCUT2D eigenvalue weighted by atomic mass is 9.93. The van der Waals surface area contributed by atoms with Gasteiger partial charge in [0.25, 0.3) is 0 Å². The molecule has 1 atom stereocenters. The van der Waals surface area contributed by atoms with E-state index in [1.165, 1.54) is 0 Å². The van der Waals surface area contributed by atoms with Gasteiger partial charge < -0.3 is 19.5 Å². The number of aliphatic carboxylic acids is 1. The molecule has 0 saturated heterocycles. The first kappa shape index (κ1) is 24.5. The van der Waals surface area contributed by atoms with Crippen LogP contribution in [-0.4, -0.2) is 49.1 Å². The highest BCUT2D eigenvalue weighted by atomic mass is 32.2. The fourth-order valence-electron chi connectivity index (χ4n) is 4.00. The Morgan fingerprint density at radius 1 is 1.06 bits per heavy atom. The number of ether oxygens (including phenoxy) is 1. The predicted molar refractivity (Wildman–Crippen MR) is 127 cm³/mol. The number of nitrogens with zero attached hydrogens (tertiary/aromatic N) is 1. The van der Waals surface area contributed by atoms with Gasteiger partial charge >= 0.3 is 5.97 Å². The Bertz CT molecular complexity index is 1210. The van der Waals surface area contributed by atoms with Crippen LogP contribution >= 0.6 is 0 Å². The van der Waals surface area contributed by atoms with Crippen molar-refractivity contribution in [3.8, 4) is 22.7 Å². The van der Waals surface area contributed by atoms with Gasteiger partial charge in [0.1, 0.15) is 5.75 Å². The number of aliphatic hydroxyl groups is 1. The smallest absolute Gasteiger partial charge is 0.311 e. The number of rotatable bonds is 10. The van der Waals surface area contributed by atoms with E-state index in [1.54, 1.807) is 31.4 Å². The van der Waals surface area contributed by atoms with Gasteiger partial charge in [0.15, 0.2) is 9.84 Å². The van der Waals surface area contributed by atoms with Crippen molar-refractivity contribution in [1.29, 1.82) is 0 Å². The summed E-state index contributed by atoms with van der Waals surface area (Å²) in [6, 6.07) is 15.9. The van der Waals surface area contributed by atoms with Crippen LogP contribution in [0.1, 0.15) is 36.4 Å². The minimum absolute atomic E-state index is 0.0239. The maximum atomic E-state index is 12.1. The summed E-state index contributed by atoms with van der Waals surface area (Å²) in [7, 11) is -1.74. The second-order valence-corrected chi connectivity index (χ2v) is 10.0. The molecule has 0 amide bonds. The maximum absolute atomic E-state index is 12.1. The average Bonchev–Trinajstić information content (AvgIpc) is 3.12. The molecule has 3 rings (SSSR count). The Balaban J connectivity index is 2.17. The zero-order chi connectivity index (χ0) is 24.2. The summed E-state index contributed by atoms with van der Waals surface area (Å²) in [5.41, 5.74) is 3.85. The van der Waals surface area contributed by atoms with E-state index in [1.807, 2.05) is 41.8 Å². The minimum atomic E-state index is -3.33. The summed E-state index contributed by atoms with van der Waals surface area (Å²) in [5, 5.41) is 19.0. The molecule has 2 aromatic carbocycles. The number of methoxy groups -OCH3 is 1. The molecule has 0 aliphatic rings. The summed E-state index contributed by atoms with van der Waals surface area (Å²) < 4.78 is 31.0. The largest absolute Gasteiger partial charge is 0.497 e. The summed E-state index contributed by atoms with van der Waals surface area (Å²) in [5.74, 6) is -0.928. The number of benzene rings is 2. The topological polar surface area (TPSA) is 106 Å². The van der Waals surface area contributed by atoms with Gasteiger partial charge in [-0.25, -0.2) is 8.42 Å². The molecule has 7 nitrogen and oxygen atoms in total. The number of aromatic nitrogens is 1. The second kappa shape index (κ2) is 10.2. The zero-order valence-electron chi connectivity index (χ0n) is 19.0. The lowest BCUT2D eigenvalue weighted by Gasteiger charge is -2.15. The Labute approximate surface area is 194 Å². The van der Waals surface area contributed by atoms with Gasteiger partial charge in [-0.2, -0.15) is 0 Å². The van der Waals surface area contributed by atoms with Crippen LogP contribution in [0.4, 0.5) is 0 Å². The van der Waals surface area contributed by atoms with Gasteiger partial charge in [-0.1, -0.05) is 12.1 Å². The minimum Gasteiger partial charge on any atom is -0.497 e. The van der Waals surface area contributed by atoms with Gasteiger partial charge in [0, 0.05) is 24.2 Å². The third-order valence-electron chi connectivity index (χ3n) is 5.77. The first-order chi connectivity index (χ1) is 15.7. The van der Waals surface area contributed by atoms with E-state index in [-0.39, 0.29) is 11.5 Å². The monoisotopic (exact) mass is 471 g/mol. The van der Waals surface area contributed by atoms with Crippen molar-refractivity contribution in [3.63, 3.8) is 0 Å². The van der Waals surface area contributed by atoms with E-state index in [0.717, 1.165) is 28.9 Å². The third kappa shape index (κ3) is 5.46. The van der Waals surface area contributed by atoms with Gasteiger partial charge in [0.2, 0.25) is 0 Å². The van der Waals surface area contributed by atoms with Crippen molar-refractivity contribution < 1.29 is 28.2 Å². The van der Waals surface area contributed by atoms with Gasteiger partial charge in [0.05, 0.1) is 23.6 Å². The lowest BCUT2D eigenvalue weighted by molar-refractivity contribution is -0.139. The number of unbranched alkanes of at least 4 members (excludes halogenated alkanes) is 1. The molecule has 2 N–H and O–H groups in total. The quantitative estimate of drug-likeness (QED) is 0.430. The van der Waals surface area contributed by atoms with Crippen LogP contribution in [0, 0.1) is 6.92 Å². The standard InChI is InChI=1S/C25H29NO6S/c1-17-23(22(25(28)29)6-4-5-15-27)16-24(18-7-13-21(14-8-18)33(3,30)31)26(17)19-9-11-20(32-2)12-10-19/h7-14,16,22,27H,4-6,15H2,1-3H3,(H,28,29). The number of aliphatic hydroxyl groups excluding tert-OH is 1. The molecule has 8 heteroatoms. The molecule has 0 spiro atoms. The SMILES string of the molecule is COc1ccc(-n2c(-c3ccc(S(C)(=O)=O)cc3)cc(C(CCCCO)C(=O)O)c2C)cc1. The summed E-state index contributed by atoms with van der Waals surface area (Å²) >= 11 is 0. The van der Waals surface area contributed by atoms with Crippen molar-refractivity contribution in [2.75, 3.05) is 20.0 Å². The van der Waals surface area contributed by atoms with E-state index in [2.05, 4.69) is 0 Å². The summed E-state index contributed by atoms with van der Waals surface area (Å²) in [4.78, 5) is 12.3. The molecule has 1 unspecified atom stereocenters. The van der Waals surface area contributed by atoms with Gasteiger partial charge in [-0.15, -0.1) is 0 Å². The zero-order valence-corrected chi connectivity index (χ0v) is 19.8. The van der Waals surface area contributed by atoms with Gasteiger partial charge in [-0.05, 0) is 79.8 Å². The van der Waals surface area contributed by atoms with Crippen LogP contribution in [0.25, 0.3) is 16.9 Å². The molecule has 0 bridgehead atoms. The molecular formula is C25H29NO6S.